The van der Waals surface area contributed by atoms with Crippen LogP contribution in [0.25, 0.3) is 27.8 Å². The highest BCUT2D eigenvalue weighted by Crippen LogP contribution is 2.28. The van der Waals surface area contributed by atoms with Crippen LogP contribution in [0.2, 0.25) is 0 Å². The van der Waals surface area contributed by atoms with Gasteiger partial charge in [0.15, 0.2) is 5.65 Å². The first-order valence-electron chi connectivity index (χ1n) is 12.6. The molecule has 2 aromatic carbocycles. The number of piperidine rings is 1. The molecule has 0 aliphatic carbocycles. The van der Waals surface area contributed by atoms with E-state index in [0.29, 0.717) is 36.6 Å². The van der Waals surface area contributed by atoms with Crippen molar-refractivity contribution in [1.29, 1.82) is 0 Å². The van der Waals surface area contributed by atoms with Crippen molar-refractivity contribution in [3.05, 3.63) is 83.3 Å². The number of H-pyrrole nitrogens is 1. The van der Waals surface area contributed by atoms with Gasteiger partial charge in [0.1, 0.15) is 23.2 Å². The predicted octanol–water partition coefficient (Wildman–Crippen LogP) is 4.15. The SMILES string of the molecule is Cc1nc2ccc(-c3n[nH]c4ccc(C(=O)N[C@@H]5C[C@H](Cc6c(F)cccc6F)CN(C)C5)cc34)cn2n1. The minimum absolute atomic E-state index is 0.0174. The molecule has 10 heteroatoms. The number of benzene rings is 2. The van der Waals surface area contributed by atoms with Crippen LogP contribution in [-0.4, -0.2) is 61.8 Å². The maximum absolute atomic E-state index is 14.2. The zero-order chi connectivity index (χ0) is 26.4. The molecule has 3 aromatic heterocycles. The Labute approximate surface area is 217 Å². The van der Waals surface area contributed by atoms with Crippen molar-refractivity contribution in [3.8, 4) is 11.3 Å². The lowest BCUT2D eigenvalue weighted by molar-refractivity contribution is 0.0888. The molecule has 0 unspecified atom stereocenters. The highest BCUT2D eigenvalue weighted by molar-refractivity contribution is 6.01. The minimum atomic E-state index is -0.527. The van der Waals surface area contributed by atoms with Gasteiger partial charge in [-0.2, -0.15) is 10.2 Å². The van der Waals surface area contributed by atoms with Gasteiger partial charge in [0.25, 0.3) is 5.91 Å². The van der Waals surface area contributed by atoms with E-state index in [2.05, 4.69) is 30.5 Å². The summed E-state index contributed by atoms with van der Waals surface area (Å²) in [6, 6.07) is 13.1. The zero-order valence-electron chi connectivity index (χ0n) is 21.1. The number of aromatic nitrogens is 5. The number of hydrogen-bond acceptors (Lipinski definition) is 5. The number of likely N-dealkylation sites (N-methyl/N-ethyl adjacent to an activating group) is 1. The van der Waals surface area contributed by atoms with Gasteiger partial charge in [-0.05, 0) is 75.2 Å². The van der Waals surface area contributed by atoms with Crippen LogP contribution in [0.5, 0.6) is 0 Å². The first-order chi connectivity index (χ1) is 18.3. The number of likely N-dealkylation sites (tertiary alicyclic amines) is 1. The lowest BCUT2D eigenvalue weighted by Gasteiger charge is -2.36. The Morgan fingerprint density at radius 2 is 1.95 bits per heavy atom. The van der Waals surface area contributed by atoms with Crippen molar-refractivity contribution in [2.24, 2.45) is 5.92 Å². The highest BCUT2D eigenvalue weighted by atomic mass is 19.1. The topological polar surface area (TPSA) is 91.2 Å². The fraction of sp³-hybridized carbons (Fsp3) is 0.286. The number of aryl methyl sites for hydroxylation is 1. The number of hydrogen-bond donors (Lipinski definition) is 2. The second kappa shape index (κ2) is 9.60. The number of carbonyl (C=O) groups excluding carboxylic acids is 1. The smallest absolute Gasteiger partial charge is 0.251 e. The number of fused-ring (bicyclic) bond motifs is 2. The molecule has 1 aliphatic heterocycles. The summed E-state index contributed by atoms with van der Waals surface area (Å²) in [4.78, 5) is 19.7. The molecule has 8 nitrogen and oxygen atoms in total. The minimum Gasteiger partial charge on any atom is -0.348 e. The van der Waals surface area contributed by atoms with Crippen LogP contribution < -0.4 is 5.32 Å². The first-order valence-corrected chi connectivity index (χ1v) is 12.6. The summed E-state index contributed by atoms with van der Waals surface area (Å²) in [6.07, 6.45) is 2.80. The zero-order valence-corrected chi connectivity index (χ0v) is 21.1. The van der Waals surface area contributed by atoms with Gasteiger partial charge in [-0.15, -0.1) is 0 Å². The van der Waals surface area contributed by atoms with E-state index in [4.69, 9.17) is 0 Å². The van der Waals surface area contributed by atoms with Gasteiger partial charge in [0.05, 0.1) is 5.52 Å². The van der Waals surface area contributed by atoms with Crippen LogP contribution in [0.4, 0.5) is 8.78 Å². The summed E-state index contributed by atoms with van der Waals surface area (Å²) >= 11 is 0. The second-order valence-corrected chi connectivity index (χ2v) is 10.1. The number of rotatable bonds is 5. The average molecular weight is 516 g/mol. The fourth-order valence-corrected chi connectivity index (χ4v) is 5.49. The summed E-state index contributed by atoms with van der Waals surface area (Å²) < 4.78 is 30.2. The van der Waals surface area contributed by atoms with E-state index >= 15 is 0 Å². The lowest BCUT2D eigenvalue weighted by Crippen LogP contribution is -2.50. The molecule has 0 saturated carbocycles. The molecule has 1 aliphatic rings. The van der Waals surface area contributed by atoms with Crippen molar-refractivity contribution >= 4 is 22.5 Å². The van der Waals surface area contributed by atoms with Crippen LogP contribution in [0, 0.1) is 24.5 Å². The molecule has 2 atom stereocenters. The monoisotopic (exact) mass is 515 g/mol. The van der Waals surface area contributed by atoms with Crippen molar-refractivity contribution in [3.63, 3.8) is 0 Å². The maximum Gasteiger partial charge on any atom is 0.251 e. The van der Waals surface area contributed by atoms with Crippen LogP contribution in [0.3, 0.4) is 0 Å². The number of pyridine rings is 1. The normalized spacial score (nSPS) is 18.3. The molecule has 0 spiro atoms. The molecule has 1 fully saturated rings. The Bertz CT molecular complexity index is 1640. The Hall–Kier alpha value is -4.18. The molecule has 0 bridgehead atoms. The van der Waals surface area contributed by atoms with Crippen molar-refractivity contribution in [2.45, 2.75) is 25.8 Å². The van der Waals surface area contributed by atoms with E-state index in [9.17, 15) is 13.6 Å². The van der Waals surface area contributed by atoms with E-state index < -0.39 is 11.6 Å². The van der Waals surface area contributed by atoms with Gasteiger partial charge in [-0.1, -0.05) is 6.07 Å². The van der Waals surface area contributed by atoms with Gasteiger partial charge >= 0.3 is 0 Å². The number of nitrogens with one attached hydrogen (secondary N) is 2. The van der Waals surface area contributed by atoms with E-state index in [1.165, 1.54) is 18.2 Å². The number of halogens is 2. The maximum atomic E-state index is 14.2. The predicted molar refractivity (Wildman–Crippen MR) is 140 cm³/mol. The summed E-state index contributed by atoms with van der Waals surface area (Å²) in [6.45, 7) is 3.21. The highest BCUT2D eigenvalue weighted by Gasteiger charge is 2.28. The van der Waals surface area contributed by atoms with Crippen LogP contribution in [0.1, 0.15) is 28.2 Å². The summed E-state index contributed by atoms with van der Waals surface area (Å²) in [5.74, 6) is -0.550. The molecule has 6 rings (SSSR count). The molecule has 1 saturated heterocycles. The number of carbonyl (C=O) groups is 1. The third-order valence-corrected chi connectivity index (χ3v) is 7.14. The second-order valence-electron chi connectivity index (χ2n) is 10.1. The first kappa shape index (κ1) is 24.2. The number of nitrogens with zero attached hydrogens (tertiary/aromatic N) is 5. The van der Waals surface area contributed by atoms with E-state index in [-0.39, 0.29) is 29.9 Å². The van der Waals surface area contributed by atoms with Gasteiger partial charge < -0.3 is 10.2 Å². The summed E-state index contributed by atoms with van der Waals surface area (Å²) in [5.41, 5.74) is 3.76. The van der Waals surface area contributed by atoms with Gasteiger partial charge in [0, 0.05) is 47.4 Å². The summed E-state index contributed by atoms with van der Waals surface area (Å²) in [7, 11) is 1.96. The fourth-order valence-electron chi connectivity index (χ4n) is 5.49. The molecule has 4 heterocycles. The molecule has 1 amide bonds. The average Bonchev–Trinajstić information content (AvgIpc) is 3.47. The molecule has 38 heavy (non-hydrogen) atoms. The van der Waals surface area contributed by atoms with Crippen molar-refractivity contribution < 1.29 is 13.6 Å². The third-order valence-electron chi connectivity index (χ3n) is 7.14. The Morgan fingerprint density at radius 1 is 1.13 bits per heavy atom. The molecular formula is C28H27F2N7O. The number of aromatic amines is 1. The van der Waals surface area contributed by atoms with Gasteiger partial charge in [-0.25, -0.2) is 18.3 Å². The summed E-state index contributed by atoms with van der Waals surface area (Å²) in [5, 5.41) is 15.9. The Balaban J connectivity index is 1.21. The van der Waals surface area contributed by atoms with Crippen LogP contribution >= 0.6 is 0 Å². The van der Waals surface area contributed by atoms with E-state index in [0.717, 1.165) is 22.1 Å². The standard InChI is InChI=1S/C28H27F2N7O/c1-16-31-26-9-7-19(14-37(26)35-16)27-22-12-18(6-8-25(22)33-34-27)28(38)32-20-10-17(13-36(2)15-20)11-21-23(29)4-3-5-24(21)30/h3-9,12,14,17,20H,10-11,13,15H2,1-2H3,(H,32,38)(H,33,34)/t17-,20-/m1/s1. The molecule has 5 aromatic rings. The van der Waals surface area contributed by atoms with Gasteiger partial charge in [0.2, 0.25) is 0 Å². The van der Waals surface area contributed by atoms with E-state index in [1.807, 2.05) is 44.4 Å². The molecule has 194 valence electrons. The Morgan fingerprint density at radius 3 is 2.76 bits per heavy atom. The Kier molecular flexibility index (Phi) is 6.11. The van der Waals surface area contributed by atoms with Crippen LogP contribution in [-0.2, 0) is 6.42 Å². The van der Waals surface area contributed by atoms with Crippen molar-refractivity contribution in [1.82, 2.24) is 35.0 Å². The molecule has 2 N–H and O–H groups in total. The van der Waals surface area contributed by atoms with E-state index in [1.54, 1.807) is 10.6 Å². The largest absolute Gasteiger partial charge is 0.348 e. The van der Waals surface area contributed by atoms with Gasteiger partial charge in [-0.3, -0.25) is 9.89 Å². The number of amides is 1. The molecular weight excluding hydrogens is 488 g/mol. The van der Waals surface area contributed by atoms with Crippen molar-refractivity contribution in [2.75, 3.05) is 20.1 Å². The van der Waals surface area contributed by atoms with Crippen LogP contribution in [0.15, 0.2) is 54.7 Å². The third kappa shape index (κ3) is 4.63. The molecule has 0 radical (unpaired) electrons. The quantitative estimate of drug-likeness (QED) is 0.367. The lowest BCUT2D eigenvalue weighted by atomic mass is 9.88.